The standard InChI is InChI=1S/C15H9ClO2/c16-15(17)18-14-6-5-12-7-10-3-1-2-4-11(10)8-13(12)9-14/h1-9H. The fourth-order valence-electron chi connectivity index (χ4n) is 2.07. The van der Waals surface area contributed by atoms with Crippen molar-refractivity contribution in [1.29, 1.82) is 0 Å². The minimum absolute atomic E-state index is 0.456. The zero-order valence-electron chi connectivity index (χ0n) is 9.39. The van der Waals surface area contributed by atoms with Crippen LogP contribution in [0.5, 0.6) is 5.75 Å². The first-order chi connectivity index (χ1) is 8.72. The Bertz CT molecular complexity index is 750. The largest absolute Gasteiger partial charge is 0.414 e. The molecule has 0 aromatic heterocycles. The van der Waals surface area contributed by atoms with E-state index in [-0.39, 0.29) is 0 Å². The van der Waals surface area contributed by atoms with Crippen LogP contribution in [-0.4, -0.2) is 5.43 Å². The van der Waals surface area contributed by atoms with E-state index < -0.39 is 5.43 Å². The molecule has 0 N–H and O–H groups in total. The maximum Gasteiger partial charge on any atom is 0.409 e. The molecular formula is C15H9ClO2. The molecule has 0 saturated heterocycles. The van der Waals surface area contributed by atoms with E-state index in [2.05, 4.69) is 24.3 Å². The van der Waals surface area contributed by atoms with E-state index in [0.717, 1.165) is 16.2 Å². The van der Waals surface area contributed by atoms with E-state index in [1.165, 1.54) is 5.39 Å². The third-order valence-electron chi connectivity index (χ3n) is 2.87. The van der Waals surface area contributed by atoms with Gasteiger partial charge in [-0.05, 0) is 45.8 Å². The summed E-state index contributed by atoms with van der Waals surface area (Å²) in [5.41, 5.74) is -0.824. The summed E-state index contributed by atoms with van der Waals surface area (Å²) in [5.74, 6) is 0.456. The van der Waals surface area contributed by atoms with Gasteiger partial charge in [-0.3, -0.25) is 0 Å². The molecule has 0 radical (unpaired) electrons. The van der Waals surface area contributed by atoms with Crippen molar-refractivity contribution in [2.24, 2.45) is 0 Å². The topological polar surface area (TPSA) is 26.3 Å². The maximum absolute atomic E-state index is 10.7. The molecule has 0 saturated carbocycles. The number of hydrogen-bond donors (Lipinski definition) is 0. The molecule has 0 aliphatic rings. The number of carbonyl (C=O) groups is 1. The number of carbonyl (C=O) groups excluding carboxylic acids is 1. The van der Waals surface area contributed by atoms with E-state index in [4.69, 9.17) is 16.3 Å². The molecule has 0 spiro atoms. The Hall–Kier alpha value is -2.06. The Balaban J connectivity index is 2.20. The number of fused-ring (bicyclic) bond motifs is 2. The van der Waals surface area contributed by atoms with Gasteiger partial charge in [0.15, 0.2) is 0 Å². The summed E-state index contributed by atoms with van der Waals surface area (Å²) < 4.78 is 4.86. The molecule has 3 heteroatoms. The summed E-state index contributed by atoms with van der Waals surface area (Å²) in [7, 11) is 0. The third-order valence-corrected chi connectivity index (χ3v) is 2.95. The molecule has 0 fully saturated rings. The van der Waals surface area contributed by atoms with Crippen molar-refractivity contribution in [3.05, 3.63) is 54.6 Å². The Kier molecular flexibility index (Phi) is 2.65. The summed E-state index contributed by atoms with van der Waals surface area (Å²) >= 11 is 5.20. The Morgan fingerprint density at radius 2 is 1.44 bits per heavy atom. The van der Waals surface area contributed by atoms with Crippen LogP contribution in [0.1, 0.15) is 0 Å². The zero-order chi connectivity index (χ0) is 12.5. The molecular weight excluding hydrogens is 248 g/mol. The predicted octanol–water partition coefficient (Wildman–Crippen LogP) is 4.73. The quantitative estimate of drug-likeness (QED) is 0.465. The van der Waals surface area contributed by atoms with Crippen LogP contribution in [0.4, 0.5) is 4.79 Å². The number of benzene rings is 3. The summed E-state index contributed by atoms with van der Waals surface area (Å²) in [6.45, 7) is 0. The lowest BCUT2D eigenvalue weighted by atomic mass is 10.0. The second kappa shape index (κ2) is 4.31. The lowest BCUT2D eigenvalue weighted by molar-refractivity contribution is 0.225. The monoisotopic (exact) mass is 256 g/mol. The normalized spacial score (nSPS) is 10.7. The van der Waals surface area contributed by atoms with Gasteiger partial charge in [0.05, 0.1) is 0 Å². The predicted molar refractivity (Wildman–Crippen MR) is 73.3 cm³/mol. The van der Waals surface area contributed by atoms with Crippen LogP contribution >= 0.6 is 11.6 Å². The molecule has 0 bridgehead atoms. The highest BCUT2D eigenvalue weighted by Crippen LogP contribution is 2.26. The maximum atomic E-state index is 10.7. The van der Waals surface area contributed by atoms with Crippen LogP contribution in [0.25, 0.3) is 21.5 Å². The van der Waals surface area contributed by atoms with E-state index in [1.807, 2.05) is 24.3 Å². The van der Waals surface area contributed by atoms with Crippen LogP contribution in [0, 0.1) is 0 Å². The third kappa shape index (κ3) is 2.03. The average Bonchev–Trinajstić information content (AvgIpc) is 2.35. The van der Waals surface area contributed by atoms with Gasteiger partial charge in [0.25, 0.3) is 0 Å². The summed E-state index contributed by atoms with van der Waals surface area (Å²) in [5, 5.41) is 4.46. The minimum atomic E-state index is -0.824. The lowest BCUT2D eigenvalue weighted by Gasteiger charge is -2.04. The first-order valence-corrected chi connectivity index (χ1v) is 5.90. The highest BCUT2D eigenvalue weighted by Gasteiger charge is 2.03. The summed E-state index contributed by atoms with van der Waals surface area (Å²) in [4.78, 5) is 10.7. The van der Waals surface area contributed by atoms with Gasteiger partial charge >= 0.3 is 5.43 Å². The molecule has 0 aliphatic heterocycles. The molecule has 18 heavy (non-hydrogen) atoms. The molecule has 0 atom stereocenters. The molecule has 2 nitrogen and oxygen atoms in total. The Labute approximate surface area is 109 Å². The van der Waals surface area contributed by atoms with E-state index >= 15 is 0 Å². The van der Waals surface area contributed by atoms with Gasteiger partial charge in [-0.2, -0.15) is 0 Å². The first kappa shape index (κ1) is 11.1. The van der Waals surface area contributed by atoms with Crippen molar-refractivity contribution in [3.8, 4) is 5.75 Å². The van der Waals surface area contributed by atoms with Crippen LogP contribution < -0.4 is 4.74 Å². The molecule has 88 valence electrons. The number of hydrogen-bond acceptors (Lipinski definition) is 2. The van der Waals surface area contributed by atoms with Gasteiger partial charge in [-0.1, -0.05) is 30.3 Å². The van der Waals surface area contributed by atoms with Crippen molar-refractivity contribution >= 4 is 38.6 Å². The number of halogens is 1. The molecule has 0 amide bonds. The van der Waals surface area contributed by atoms with E-state index in [9.17, 15) is 4.79 Å². The van der Waals surface area contributed by atoms with Crippen molar-refractivity contribution in [1.82, 2.24) is 0 Å². The summed E-state index contributed by atoms with van der Waals surface area (Å²) in [6.07, 6.45) is 0. The SMILES string of the molecule is O=C(Cl)Oc1ccc2cc3ccccc3cc2c1. The lowest BCUT2D eigenvalue weighted by Crippen LogP contribution is -1.95. The Morgan fingerprint density at radius 1 is 0.833 bits per heavy atom. The van der Waals surface area contributed by atoms with E-state index in [1.54, 1.807) is 6.07 Å². The average molecular weight is 257 g/mol. The molecule has 0 unspecified atom stereocenters. The van der Waals surface area contributed by atoms with Crippen molar-refractivity contribution < 1.29 is 9.53 Å². The molecule has 0 aliphatic carbocycles. The summed E-state index contributed by atoms with van der Waals surface area (Å²) in [6, 6.07) is 17.8. The number of ether oxygens (including phenoxy) is 1. The van der Waals surface area contributed by atoms with E-state index in [0.29, 0.717) is 5.75 Å². The first-order valence-electron chi connectivity index (χ1n) is 5.52. The minimum Gasteiger partial charge on any atom is -0.414 e. The van der Waals surface area contributed by atoms with Crippen LogP contribution in [0.15, 0.2) is 54.6 Å². The van der Waals surface area contributed by atoms with Crippen molar-refractivity contribution in [2.75, 3.05) is 0 Å². The zero-order valence-corrected chi connectivity index (χ0v) is 10.1. The van der Waals surface area contributed by atoms with Gasteiger partial charge < -0.3 is 4.74 Å². The fourth-order valence-corrected chi connectivity index (χ4v) is 2.16. The van der Waals surface area contributed by atoms with Gasteiger partial charge in [-0.25, -0.2) is 4.79 Å². The Morgan fingerprint density at radius 3 is 2.11 bits per heavy atom. The second-order valence-electron chi connectivity index (χ2n) is 4.05. The van der Waals surface area contributed by atoms with Crippen molar-refractivity contribution in [2.45, 2.75) is 0 Å². The van der Waals surface area contributed by atoms with Crippen molar-refractivity contribution in [3.63, 3.8) is 0 Å². The molecule has 0 heterocycles. The van der Waals surface area contributed by atoms with Gasteiger partial charge in [-0.15, -0.1) is 0 Å². The van der Waals surface area contributed by atoms with Crippen LogP contribution in [-0.2, 0) is 0 Å². The highest BCUT2D eigenvalue weighted by atomic mass is 35.5. The van der Waals surface area contributed by atoms with Crippen LogP contribution in [0.2, 0.25) is 0 Å². The smallest absolute Gasteiger partial charge is 0.409 e. The fraction of sp³-hybridized carbons (Fsp3) is 0. The molecule has 3 aromatic carbocycles. The van der Waals surface area contributed by atoms with Crippen LogP contribution in [0.3, 0.4) is 0 Å². The van der Waals surface area contributed by atoms with Gasteiger partial charge in [0.2, 0.25) is 0 Å². The molecule has 3 aromatic rings. The number of rotatable bonds is 1. The molecule has 3 rings (SSSR count). The van der Waals surface area contributed by atoms with Gasteiger partial charge in [0, 0.05) is 11.6 Å². The van der Waals surface area contributed by atoms with Gasteiger partial charge in [0.1, 0.15) is 5.75 Å². The second-order valence-corrected chi connectivity index (χ2v) is 4.36. The highest BCUT2D eigenvalue weighted by molar-refractivity contribution is 6.61.